The van der Waals surface area contributed by atoms with Gasteiger partial charge in [0.2, 0.25) is 0 Å². The quantitative estimate of drug-likeness (QED) is 0.823. The maximum Gasteiger partial charge on any atom is 0.325 e. The molecule has 4 heteroatoms. The summed E-state index contributed by atoms with van der Waals surface area (Å²) in [5.41, 5.74) is 0.335. The van der Waals surface area contributed by atoms with Crippen LogP contribution in [0.2, 0.25) is 5.02 Å². The van der Waals surface area contributed by atoms with Crippen LogP contribution in [-0.2, 0) is 16.1 Å². The van der Waals surface area contributed by atoms with Gasteiger partial charge in [-0.05, 0) is 31.5 Å². The third-order valence-electron chi connectivity index (χ3n) is 2.32. The average Bonchev–Trinajstić information content (AvgIpc) is 2.25. The van der Waals surface area contributed by atoms with Gasteiger partial charge in [0.15, 0.2) is 0 Å². The van der Waals surface area contributed by atoms with Crippen LogP contribution in [-0.4, -0.2) is 18.6 Å². The van der Waals surface area contributed by atoms with Crippen LogP contribution in [0.3, 0.4) is 0 Å². The summed E-state index contributed by atoms with van der Waals surface area (Å²) in [6, 6.07) is 7.51. The smallest absolute Gasteiger partial charge is 0.325 e. The largest absolute Gasteiger partial charge is 0.468 e. The molecular weight excluding hydrogens is 226 g/mol. The Labute approximate surface area is 101 Å². The molecule has 0 saturated carbocycles. The molecule has 0 aliphatic heterocycles. The van der Waals surface area contributed by atoms with E-state index < -0.39 is 5.54 Å². The molecule has 0 aliphatic rings. The number of carbonyl (C=O) groups is 1. The van der Waals surface area contributed by atoms with E-state index >= 15 is 0 Å². The van der Waals surface area contributed by atoms with Gasteiger partial charge in [-0.3, -0.25) is 10.1 Å². The first kappa shape index (κ1) is 13.0. The second-order valence-electron chi connectivity index (χ2n) is 4.10. The van der Waals surface area contributed by atoms with Crippen molar-refractivity contribution in [1.29, 1.82) is 0 Å². The fourth-order valence-corrected chi connectivity index (χ4v) is 1.51. The Balaban J connectivity index is 2.61. The van der Waals surface area contributed by atoms with Gasteiger partial charge in [-0.15, -0.1) is 0 Å². The molecule has 0 unspecified atom stereocenters. The van der Waals surface area contributed by atoms with E-state index in [0.717, 1.165) is 5.56 Å². The van der Waals surface area contributed by atoms with E-state index in [2.05, 4.69) is 5.32 Å². The fraction of sp³-hybridized carbons (Fsp3) is 0.417. The zero-order valence-corrected chi connectivity index (χ0v) is 10.5. The van der Waals surface area contributed by atoms with Crippen LogP contribution in [0.15, 0.2) is 24.3 Å². The first-order chi connectivity index (χ1) is 7.45. The molecule has 0 radical (unpaired) electrons. The molecule has 0 aromatic heterocycles. The van der Waals surface area contributed by atoms with Gasteiger partial charge in [0.25, 0.3) is 0 Å². The fourth-order valence-electron chi connectivity index (χ4n) is 1.30. The number of ether oxygens (including phenoxy) is 1. The first-order valence-corrected chi connectivity index (χ1v) is 5.41. The highest BCUT2D eigenvalue weighted by atomic mass is 35.5. The lowest BCUT2D eigenvalue weighted by atomic mass is 10.1. The maximum atomic E-state index is 11.4. The monoisotopic (exact) mass is 241 g/mol. The Morgan fingerprint density at radius 1 is 1.50 bits per heavy atom. The molecule has 16 heavy (non-hydrogen) atoms. The van der Waals surface area contributed by atoms with Crippen molar-refractivity contribution < 1.29 is 9.53 Å². The van der Waals surface area contributed by atoms with Gasteiger partial charge in [0.05, 0.1) is 7.11 Å². The number of methoxy groups -OCH3 is 1. The van der Waals surface area contributed by atoms with Gasteiger partial charge in [-0.25, -0.2) is 0 Å². The van der Waals surface area contributed by atoms with Crippen LogP contribution >= 0.6 is 11.6 Å². The minimum Gasteiger partial charge on any atom is -0.468 e. The number of rotatable bonds is 4. The predicted molar refractivity (Wildman–Crippen MR) is 64.4 cm³/mol. The third-order valence-corrected chi connectivity index (χ3v) is 2.55. The maximum absolute atomic E-state index is 11.4. The molecule has 0 bridgehead atoms. The number of esters is 1. The number of benzene rings is 1. The van der Waals surface area contributed by atoms with Crippen molar-refractivity contribution in [3.63, 3.8) is 0 Å². The topological polar surface area (TPSA) is 38.3 Å². The Morgan fingerprint density at radius 2 is 2.19 bits per heavy atom. The second-order valence-corrected chi connectivity index (χ2v) is 4.54. The van der Waals surface area contributed by atoms with Crippen LogP contribution in [0, 0.1) is 0 Å². The number of hydrogen-bond acceptors (Lipinski definition) is 3. The molecule has 3 nitrogen and oxygen atoms in total. The van der Waals surface area contributed by atoms with Crippen molar-refractivity contribution in [3.05, 3.63) is 34.9 Å². The molecule has 1 N–H and O–H groups in total. The summed E-state index contributed by atoms with van der Waals surface area (Å²) in [6.07, 6.45) is 0. The summed E-state index contributed by atoms with van der Waals surface area (Å²) in [5, 5.41) is 3.81. The summed E-state index contributed by atoms with van der Waals surface area (Å²) in [6.45, 7) is 4.13. The molecule has 0 spiro atoms. The first-order valence-electron chi connectivity index (χ1n) is 5.03. The molecule has 0 saturated heterocycles. The van der Waals surface area contributed by atoms with Crippen molar-refractivity contribution in [2.24, 2.45) is 0 Å². The molecule has 88 valence electrons. The second kappa shape index (κ2) is 5.32. The van der Waals surface area contributed by atoms with Crippen molar-refractivity contribution in [2.75, 3.05) is 7.11 Å². The molecule has 1 aromatic rings. The molecule has 1 aromatic carbocycles. The summed E-state index contributed by atoms with van der Waals surface area (Å²) in [4.78, 5) is 11.4. The lowest BCUT2D eigenvalue weighted by Gasteiger charge is -2.23. The van der Waals surface area contributed by atoms with Gasteiger partial charge in [0.1, 0.15) is 5.54 Å². The van der Waals surface area contributed by atoms with E-state index in [1.54, 1.807) is 13.8 Å². The molecule has 0 atom stereocenters. The third kappa shape index (κ3) is 3.51. The van der Waals surface area contributed by atoms with E-state index in [4.69, 9.17) is 16.3 Å². The van der Waals surface area contributed by atoms with Crippen LogP contribution in [0.4, 0.5) is 0 Å². The molecule has 0 amide bonds. The van der Waals surface area contributed by atoms with E-state index in [-0.39, 0.29) is 5.97 Å². The lowest BCUT2D eigenvalue weighted by molar-refractivity contribution is -0.147. The lowest BCUT2D eigenvalue weighted by Crippen LogP contribution is -2.46. The summed E-state index contributed by atoms with van der Waals surface area (Å²) >= 11 is 5.87. The zero-order chi connectivity index (χ0) is 12.2. The van der Waals surface area contributed by atoms with Crippen molar-refractivity contribution in [3.8, 4) is 0 Å². The summed E-state index contributed by atoms with van der Waals surface area (Å²) < 4.78 is 4.70. The molecular formula is C12H16ClNO2. The van der Waals surface area contributed by atoms with Crippen LogP contribution in [0.25, 0.3) is 0 Å². The van der Waals surface area contributed by atoms with Crippen molar-refractivity contribution >= 4 is 17.6 Å². The zero-order valence-electron chi connectivity index (χ0n) is 9.71. The van der Waals surface area contributed by atoms with Crippen molar-refractivity contribution in [1.82, 2.24) is 5.32 Å². The predicted octanol–water partition coefficient (Wildman–Crippen LogP) is 2.38. The number of nitrogens with one attached hydrogen (secondary N) is 1. The van der Waals surface area contributed by atoms with Gasteiger partial charge < -0.3 is 4.74 Å². The average molecular weight is 242 g/mol. The highest BCUT2D eigenvalue weighted by Gasteiger charge is 2.27. The van der Waals surface area contributed by atoms with Crippen molar-refractivity contribution in [2.45, 2.75) is 25.9 Å². The Hall–Kier alpha value is -1.06. The van der Waals surface area contributed by atoms with Gasteiger partial charge in [0, 0.05) is 11.6 Å². The Kier molecular flexibility index (Phi) is 4.33. The minimum absolute atomic E-state index is 0.283. The van der Waals surface area contributed by atoms with E-state index in [9.17, 15) is 4.79 Å². The standard InChI is InChI=1S/C12H16ClNO2/c1-12(2,11(15)16-3)14-8-9-5-4-6-10(13)7-9/h4-7,14H,8H2,1-3H3. The van der Waals surface area contributed by atoms with E-state index in [1.165, 1.54) is 7.11 Å². The van der Waals surface area contributed by atoms with E-state index in [0.29, 0.717) is 11.6 Å². The van der Waals surface area contributed by atoms with Gasteiger partial charge >= 0.3 is 5.97 Å². The van der Waals surface area contributed by atoms with Gasteiger partial charge in [-0.1, -0.05) is 23.7 Å². The van der Waals surface area contributed by atoms with Crippen LogP contribution in [0.1, 0.15) is 19.4 Å². The normalized spacial score (nSPS) is 11.2. The molecule has 0 heterocycles. The highest BCUT2D eigenvalue weighted by Crippen LogP contribution is 2.12. The Morgan fingerprint density at radius 3 is 2.75 bits per heavy atom. The minimum atomic E-state index is -0.697. The molecule has 0 fully saturated rings. The summed E-state index contributed by atoms with van der Waals surface area (Å²) in [7, 11) is 1.38. The summed E-state index contributed by atoms with van der Waals surface area (Å²) in [5.74, 6) is -0.283. The number of halogens is 1. The number of hydrogen-bond donors (Lipinski definition) is 1. The number of carbonyl (C=O) groups excluding carboxylic acids is 1. The van der Waals surface area contributed by atoms with Crippen LogP contribution < -0.4 is 5.32 Å². The SMILES string of the molecule is COC(=O)C(C)(C)NCc1cccc(Cl)c1. The van der Waals surface area contributed by atoms with Gasteiger partial charge in [-0.2, -0.15) is 0 Å². The highest BCUT2D eigenvalue weighted by molar-refractivity contribution is 6.30. The molecule has 0 aliphatic carbocycles. The Bertz CT molecular complexity index is 377. The molecule has 1 rings (SSSR count). The van der Waals surface area contributed by atoms with E-state index in [1.807, 2.05) is 24.3 Å². The van der Waals surface area contributed by atoms with Crippen LogP contribution in [0.5, 0.6) is 0 Å².